The Hall–Kier alpha value is -2.19. The molecule has 0 aliphatic carbocycles. The predicted octanol–water partition coefficient (Wildman–Crippen LogP) is 1.31. The van der Waals surface area contributed by atoms with Crippen molar-refractivity contribution in [3.8, 4) is 0 Å². The molecular formula is C18H26FN3O4. The van der Waals surface area contributed by atoms with Crippen molar-refractivity contribution in [1.82, 2.24) is 15.5 Å². The number of amides is 3. The first kappa shape index (κ1) is 20.1. The number of carbonyl (C=O) groups is 2. The lowest BCUT2D eigenvalue weighted by Crippen LogP contribution is -2.41. The van der Waals surface area contributed by atoms with Crippen LogP contribution in [0.4, 0.5) is 9.18 Å². The van der Waals surface area contributed by atoms with Crippen LogP contribution in [-0.4, -0.2) is 63.5 Å². The van der Waals surface area contributed by atoms with E-state index in [2.05, 4.69) is 10.6 Å². The van der Waals surface area contributed by atoms with E-state index in [1.165, 1.54) is 26.4 Å². The summed E-state index contributed by atoms with van der Waals surface area (Å²) in [5.41, 5.74) is 0.827. The minimum atomic E-state index is -0.538. The lowest BCUT2D eigenvalue weighted by Gasteiger charge is -2.20. The molecule has 0 bridgehead atoms. The van der Waals surface area contributed by atoms with Crippen LogP contribution in [-0.2, 0) is 14.3 Å². The summed E-state index contributed by atoms with van der Waals surface area (Å²) in [7, 11) is 2.99. The summed E-state index contributed by atoms with van der Waals surface area (Å²) in [6, 6.07) is 5.85. The highest BCUT2D eigenvalue weighted by atomic mass is 19.1. The third-order valence-electron chi connectivity index (χ3n) is 4.54. The van der Waals surface area contributed by atoms with Crippen LogP contribution in [0, 0.1) is 11.7 Å². The summed E-state index contributed by atoms with van der Waals surface area (Å²) in [5.74, 6) is -1.17. The molecule has 1 aliphatic heterocycles. The Morgan fingerprint density at radius 3 is 2.42 bits per heavy atom. The van der Waals surface area contributed by atoms with E-state index in [-0.39, 0.29) is 30.2 Å². The van der Waals surface area contributed by atoms with E-state index in [0.29, 0.717) is 19.6 Å². The van der Waals surface area contributed by atoms with Gasteiger partial charge in [0.1, 0.15) is 5.82 Å². The molecule has 2 unspecified atom stereocenters. The first-order valence-electron chi connectivity index (χ1n) is 8.61. The monoisotopic (exact) mass is 367 g/mol. The van der Waals surface area contributed by atoms with Crippen molar-refractivity contribution in [2.24, 2.45) is 5.92 Å². The van der Waals surface area contributed by atoms with E-state index in [4.69, 9.17) is 9.47 Å². The van der Waals surface area contributed by atoms with Crippen LogP contribution in [0.5, 0.6) is 0 Å². The molecule has 2 atom stereocenters. The van der Waals surface area contributed by atoms with Crippen LogP contribution in [0.15, 0.2) is 24.3 Å². The molecule has 0 saturated carbocycles. The molecule has 8 heteroatoms. The normalized spacial score (nSPS) is 19.7. The molecule has 0 spiro atoms. The van der Waals surface area contributed by atoms with Gasteiger partial charge in [0, 0.05) is 39.8 Å². The van der Waals surface area contributed by atoms with Gasteiger partial charge in [-0.25, -0.2) is 9.18 Å². The van der Waals surface area contributed by atoms with Crippen LogP contribution in [0.3, 0.4) is 0 Å². The Labute approximate surface area is 152 Å². The van der Waals surface area contributed by atoms with Gasteiger partial charge in [0.2, 0.25) is 5.91 Å². The number of nitrogens with one attached hydrogen (secondary N) is 2. The van der Waals surface area contributed by atoms with Crippen molar-refractivity contribution in [3.05, 3.63) is 35.6 Å². The first-order chi connectivity index (χ1) is 12.5. The number of urea groups is 1. The maximum atomic E-state index is 13.2. The molecule has 7 nitrogen and oxygen atoms in total. The highest BCUT2D eigenvalue weighted by Crippen LogP contribution is 2.33. The zero-order valence-electron chi connectivity index (χ0n) is 15.3. The number of ether oxygens (including phenoxy) is 2. The van der Waals surface area contributed by atoms with Crippen LogP contribution < -0.4 is 10.6 Å². The number of benzene rings is 1. The van der Waals surface area contributed by atoms with Crippen molar-refractivity contribution >= 4 is 11.9 Å². The first-order valence-corrected chi connectivity index (χ1v) is 8.61. The summed E-state index contributed by atoms with van der Waals surface area (Å²) in [6.07, 6.45) is -0.538. The Morgan fingerprint density at radius 1 is 1.19 bits per heavy atom. The fourth-order valence-corrected chi connectivity index (χ4v) is 3.12. The van der Waals surface area contributed by atoms with Crippen molar-refractivity contribution < 1.29 is 23.5 Å². The molecule has 3 amide bonds. The quantitative estimate of drug-likeness (QED) is 0.712. The second-order valence-corrected chi connectivity index (χ2v) is 6.15. The van der Waals surface area contributed by atoms with Gasteiger partial charge in [-0.05, 0) is 24.6 Å². The molecule has 0 radical (unpaired) electrons. The fraction of sp³-hybridized carbons (Fsp3) is 0.556. The van der Waals surface area contributed by atoms with Crippen molar-refractivity contribution in [2.45, 2.75) is 19.1 Å². The van der Waals surface area contributed by atoms with Crippen molar-refractivity contribution in [1.29, 1.82) is 0 Å². The average molecular weight is 367 g/mol. The highest BCUT2D eigenvalue weighted by Gasteiger charge is 2.40. The molecule has 144 valence electrons. The molecule has 1 aromatic rings. The van der Waals surface area contributed by atoms with Crippen molar-refractivity contribution in [2.75, 3.05) is 40.4 Å². The second kappa shape index (κ2) is 9.49. The van der Waals surface area contributed by atoms with Crippen LogP contribution >= 0.6 is 0 Å². The molecule has 1 fully saturated rings. The number of hydrogen-bond acceptors (Lipinski definition) is 4. The van der Waals surface area contributed by atoms with Gasteiger partial charge in [-0.1, -0.05) is 12.1 Å². The molecule has 1 aliphatic rings. The molecule has 26 heavy (non-hydrogen) atoms. The van der Waals surface area contributed by atoms with Crippen molar-refractivity contribution in [3.63, 3.8) is 0 Å². The molecule has 1 heterocycles. The van der Waals surface area contributed by atoms with Gasteiger partial charge in [0.25, 0.3) is 0 Å². The molecule has 2 rings (SSSR count). The third kappa shape index (κ3) is 4.92. The lowest BCUT2D eigenvalue weighted by atomic mass is 9.88. The number of carbonyl (C=O) groups excluding carboxylic acids is 2. The molecule has 1 aromatic carbocycles. The predicted molar refractivity (Wildman–Crippen MR) is 94.1 cm³/mol. The molecule has 1 saturated heterocycles. The lowest BCUT2D eigenvalue weighted by molar-refractivity contribution is -0.130. The number of likely N-dealkylation sites (tertiary alicyclic amines) is 1. The summed E-state index contributed by atoms with van der Waals surface area (Å²) in [6.45, 7) is 3.25. The topological polar surface area (TPSA) is 79.9 Å². The Balaban J connectivity index is 2.14. The smallest absolute Gasteiger partial charge is 0.317 e. The van der Waals surface area contributed by atoms with Gasteiger partial charge in [-0.15, -0.1) is 0 Å². The van der Waals surface area contributed by atoms with Gasteiger partial charge in [-0.2, -0.15) is 0 Å². The third-order valence-corrected chi connectivity index (χ3v) is 4.54. The Bertz CT molecular complexity index is 607. The summed E-state index contributed by atoms with van der Waals surface area (Å²) >= 11 is 0. The van der Waals surface area contributed by atoms with E-state index in [1.54, 1.807) is 17.0 Å². The van der Waals surface area contributed by atoms with Gasteiger partial charge < -0.3 is 25.0 Å². The van der Waals surface area contributed by atoms with Crippen LogP contribution in [0.25, 0.3) is 0 Å². The fourth-order valence-electron chi connectivity index (χ4n) is 3.12. The Kier molecular flexibility index (Phi) is 7.35. The maximum Gasteiger partial charge on any atom is 0.317 e. The largest absolute Gasteiger partial charge is 0.354 e. The molecule has 2 N–H and O–H groups in total. The van der Waals surface area contributed by atoms with Crippen LogP contribution in [0.1, 0.15) is 18.4 Å². The van der Waals surface area contributed by atoms with E-state index in [1.807, 2.05) is 6.92 Å². The number of nitrogens with zero attached hydrogens (tertiary/aromatic N) is 1. The maximum absolute atomic E-state index is 13.2. The minimum Gasteiger partial charge on any atom is -0.354 e. The Morgan fingerprint density at radius 2 is 1.85 bits per heavy atom. The minimum absolute atomic E-state index is 0.190. The van der Waals surface area contributed by atoms with Gasteiger partial charge >= 0.3 is 6.03 Å². The number of halogens is 1. The highest BCUT2D eigenvalue weighted by molar-refractivity contribution is 5.83. The number of methoxy groups -OCH3 is 2. The van der Waals surface area contributed by atoms with E-state index < -0.39 is 12.2 Å². The second-order valence-electron chi connectivity index (χ2n) is 6.15. The van der Waals surface area contributed by atoms with E-state index in [9.17, 15) is 14.0 Å². The summed E-state index contributed by atoms with van der Waals surface area (Å²) < 4.78 is 23.4. The molecule has 0 aromatic heterocycles. The average Bonchev–Trinajstić information content (AvgIpc) is 3.09. The zero-order chi connectivity index (χ0) is 19.1. The summed E-state index contributed by atoms with van der Waals surface area (Å²) in [4.78, 5) is 26.5. The SMILES string of the molecule is CCNC(=O)N1CC(C(=O)NCC(OC)OC)C(c2ccc(F)cc2)C1. The molecular weight excluding hydrogens is 341 g/mol. The van der Waals surface area contributed by atoms with Crippen LogP contribution in [0.2, 0.25) is 0 Å². The van der Waals surface area contributed by atoms with Gasteiger partial charge in [0.15, 0.2) is 6.29 Å². The number of hydrogen-bond donors (Lipinski definition) is 2. The van der Waals surface area contributed by atoms with Gasteiger partial charge in [-0.3, -0.25) is 4.79 Å². The van der Waals surface area contributed by atoms with Gasteiger partial charge in [0.05, 0.1) is 12.5 Å². The van der Waals surface area contributed by atoms with E-state index in [0.717, 1.165) is 5.56 Å². The number of rotatable bonds is 7. The zero-order valence-corrected chi connectivity index (χ0v) is 15.3. The standard InChI is InChI=1S/C18H26FN3O4/c1-4-20-18(24)22-10-14(12-5-7-13(19)8-6-12)15(11-22)17(23)21-9-16(25-2)26-3/h5-8,14-16H,4,9-11H2,1-3H3,(H,20,24)(H,21,23). The summed E-state index contributed by atoms with van der Waals surface area (Å²) in [5, 5.41) is 5.56. The van der Waals surface area contributed by atoms with E-state index >= 15 is 0 Å².